The van der Waals surface area contributed by atoms with Crippen molar-refractivity contribution in [2.45, 2.75) is 76.7 Å². The fraction of sp³-hybridized carbons (Fsp3) is 0.677. The fourth-order valence-electron chi connectivity index (χ4n) is 7.98. The molecule has 5 aliphatic carbocycles. The third-order valence-electron chi connectivity index (χ3n) is 10.5. The second kappa shape index (κ2) is 10.3. The summed E-state index contributed by atoms with van der Waals surface area (Å²) in [6.45, 7) is 4.89. The number of nitrogens with zero attached hydrogens (tertiary/aromatic N) is 1. The Morgan fingerprint density at radius 1 is 1.18 bits per heavy atom. The minimum Gasteiger partial charge on any atom is -0.493 e. The first kappa shape index (κ1) is 27.5. The number of carbonyl (C=O) groups is 2. The predicted octanol–water partition coefficient (Wildman–Crippen LogP) is 2.12. The summed E-state index contributed by atoms with van der Waals surface area (Å²) in [7, 11) is 1.51. The molecule has 6 aliphatic rings. The highest BCUT2D eigenvalue weighted by atomic mass is 16.5. The third-order valence-corrected chi connectivity index (χ3v) is 10.5. The zero-order valence-electron chi connectivity index (χ0n) is 23.6. The number of hydrogen-bond donors (Lipinski definition) is 4. The quantitative estimate of drug-likeness (QED) is 0.368. The molecule has 9 nitrogen and oxygen atoms in total. The Labute approximate surface area is 235 Å². The summed E-state index contributed by atoms with van der Waals surface area (Å²) in [6, 6.07) is 2.75. The van der Waals surface area contributed by atoms with Gasteiger partial charge >= 0.3 is 0 Å². The van der Waals surface area contributed by atoms with Gasteiger partial charge in [0.25, 0.3) is 0 Å². The van der Waals surface area contributed by atoms with E-state index in [0.29, 0.717) is 46.6 Å². The fourth-order valence-corrected chi connectivity index (χ4v) is 7.98. The Morgan fingerprint density at radius 2 is 1.95 bits per heavy atom. The van der Waals surface area contributed by atoms with Gasteiger partial charge in [-0.3, -0.25) is 9.59 Å². The van der Waals surface area contributed by atoms with Gasteiger partial charge in [0.05, 0.1) is 32.3 Å². The van der Waals surface area contributed by atoms with Gasteiger partial charge in [0.15, 0.2) is 11.5 Å². The van der Waals surface area contributed by atoms with Crippen LogP contribution in [0.4, 0.5) is 0 Å². The Hall–Kier alpha value is -2.62. The van der Waals surface area contributed by atoms with Crippen LogP contribution < -0.4 is 14.8 Å². The van der Waals surface area contributed by atoms with Crippen LogP contribution in [-0.2, 0) is 16.2 Å². The lowest BCUT2D eigenvalue weighted by Crippen LogP contribution is -2.60. The van der Waals surface area contributed by atoms with E-state index in [1.807, 2.05) is 4.90 Å². The first-order chi connectivity index (χ1) is 19.2. The van der Waals surface area contributed by atoms with Crippen molar-refractivity contribution in [1.82, 2.24) is 10.2 Å². The summed E-state index contributed by atoms with van der Waals surface area (Å²) < 4.78 is 11.9. The molecule has 4 N–H and O–H groups in total. The van der Waals surface area contributed by atoms with E-state index in [-0.39, 0.29) is 42.9 Å². The number of nitrogens with one attached hydrogen (secondary N) is 1. The molecule has 0 saturated heterocycles. The number of methoxy groups -OCH3 is 1. The van der Waals surface area contributed by atoms with Crippen molar-refractivity contribution < 1.29 is 34.4 Å². The Kier molecular flexibility index (Phi) is 7.12. The molecule has 0 aromatic heterocycles. The molecule has 7 rings (SSSR count). The SMILES string of the molecule is COc1cc(CO)cc2c1OC1C2C(C(=O)NCCO)=CC(N(CC2CCC3CC2C3(C)C)C(=O)C2CC2)C1O. The topological polar surface area (TPSA) is 129 Å². The van der Waals surface area contributed by atoms with Gasteiger partial charge in [-0.1, -0.05) is 13.8 Å². The van der Waals surface area contributed by atoms with E-state index in [1.54, 1.807) is 18.2 Å². The number of carbonyl (C=O) groups excluding carboxylic acids is 2. The largest absolute Gasteiger partial charge is 0.493 e. The lowest BCUT2D eigenvalue weighted by molar-refractivity contribution is -0.147. The molecule has 2 bridgehead atoms. The van der Waals surface area contributed by atoms with E-state index in [9.17, 15) is 24.9 Å². The van der Waals surface area contributed by atoms with Crippen molar-refractivity contribution in [3.05, 3.63) is 34.9 Å². The molecular formula is C31H42N2O7. The molecule has 4 saturated carbocycles. The van der Waals surface area contributed by atoms with E-state index in [1.165, 1.54) is 13.5 Å². The molecule has 1 heterocycles. The van der Waals surface area contributed by atoms with Gasteiger partial charge in [0.2, 0.25) is 11.8 Å². The minimum atomic E-state index is -1.07. The minimum absolute atomic E-state index is 0.0374. The van der Waals surface area contributed by atoms with Crippen molar-refractivity contribution in [3.8, 4) is 11.5 Å². The normalized spacial score (nSPS) is 33.0. The van der Waals surface area contributed by atoms with Gasteiger partial charge in [0.1, 0.15) is 12.2 Å². The highest BCUT2D eigenvalue weighted by molar-refractivity contribution is 5.96. The number of fused-ring (bicyclic) bond motifs is 5. The molecule has 1 aromatic carbocycles. The van der Waals surface area contributed by atoms with Gasteiger partial charge in [-0.05, 0) is 79.0 Å². The summed E-state index contributed by atoms with van der Waals surface area (Å²) in [5, 5.41) is 33.9. The number of rotatable bonds is 9. The lowest BCUT2D eigenvalue weighted by Gasteiger charge is -2.61. The van der Waals surface area contributed by atoms with Crippen molar-refractivity contribution in [3.63, 3.8) is 0 Å². The van der Waals surface area contributed by atoms with Gasteiger partial charge in [-0.2, -0.15) is 0 Å². The molecular weight excluding hydrogens is 512 g/mol. The number of aliphatic hydroxyl groups is 3. The van der Waals surface area contributed by atoms with Crippen molar-refractivity contribution in [2.75, 3.05) is 26.8 Å². The molecule has 218 valence electrons. The maximum atomic E-state index is 13.8. The molecule has 1 aliphatic heterocycles. The van der Waals surface area contributed by atoms with Crippen LogP contribution in [0, 0.1) is 29.1 Å². The summed E-state index contributed by atoms with van der Waals surface area (Å²) in [5.41, 5.74) is 1.92. The van der Waals surface area contributed by atoms with Gasteiger partial charge < -0.3 is 35.0 Å². The third kappa shape index (κ3) is 4.41. The van der Waals surface area contributed by atoms with Crippen LogP contribution >= 0.6 is 0 Å². The molecule has 0 radical (unpaired) electrons. The molecule has 2 amide bonds. The Balaban J connectivity index is 1.39. The highest BCUT2D eigenvalue weighted by Crippen LogP contribution is 2.61. The van der Waals surface area contributed by atoms with Crippen LogP contribution in [0.5, 0.6) is 11.5 Å². The van der Waals surface area contributed by atoms with Gasteiger partial charge in [0, 0.05) is 30.1 Å². The lowest BCUT2D eigenvalue weighted by atomic mass is 9.45. The molecule has 0 spiro atoms. The highest BCUT2D eigenvalue weighted by Gasteiger charge is 2.56. The summed E-state index contributed by atoms with van der Waals surface area (Å²) in [5.74, 6) is 1.51. The van der Waals surface area contributed by atoms with E-state index < -0.39 is 24.2 Å². The van der Waals surface area contributed by atoms with E-state index >= 15 is 0 Å². The average molecular weight is 555 g/mol. The number of aliphatic hydroxyl groups excluding tert-OH is 3. The second-order valence-corrected chi connectivity index (χ2v) is 13.0. The summed E-state index contributed by atoms with van der Waals surface area (Å²) in [4.78, 5) is 29.2. The van der Waals surface area contributed by atoms with Gasteiger partial charge in [-0.15, -0.1) is 0 Å². The van der Waals surface area contributed by atoms with Crippen LogP contribution in [0.25, 0.3) is 0 Å². The maximum absolute atomic E-state index is 13.8. The van der Waals surface area contributed by atoms with Crippen molar-refractivity contribution in [1.29, 1.82) is 0 Å². The first-order valence-electron chi connectivity index (χ1n) is 14.8. The predicted molar refractivity (Wildman–Crippen MR) is 147 cm³/mol. The number of ether oxygens (including phenoxy) is 2. The molecule has 7 atom stereocenters. The zero-order chi connectivity index (χ0) is 28.3. The van der Waals surface area contributed by atoms with E-state index in [4.69, 9.17) is 9.47 Å². The van der Waals surface area contributed by atoms with Gasteiger partial charge in [-0.25, -0.2) is 0 Å². The molecule has 4 fully saturated rings. The van der Waals surface area contributed by atoms with E-state index in [2.05, 4.69) is 19.2 Å². The average Bonchev–Trinajstić information content (AvgIpc) is 3.74. The summed E-state index contributed by atoms with van der Waals surface area (Å²) >= 11 is 0. The number of amides is 2. The number of hydrogen-bond acceptors (Lipinski definition) is 7. The van der Waals surface area contributed by atoms with Crippen LogP contribution in [-0.4, -0.2) is 77.1 Å². The van der Waals surface area contributed by atoms with Crippen molar-refractivity contribution in [2.24, 2.45) is 29.1 Å². The van der Waals surface area contributed by atoms with E-state index in [0.717, 1.165) is 31.6 Å². The van der Waals surface area contributed by atoms with Crippen LogP contribution in [0.2, 0.25) is 0 Å². The summed E-state index contributed by atoms with van der Waals surface area (Å²) in [6.07, 6.45) is 5.00. The first-order valence-corrected chi connectivity index (χ1v) is 14.8. The molecule has 9 heteroatoms. The Morgan fingerprint density at radius 3 is 2.58 bits per heavy atom. The molecule has 1 aromatic rings. The van der Waals surface area contributed by atoms with Crippen LogP contribution in [0.1, 0.15) is 63.0 Å². The standard InChI is InChI=1S/C31H42N2O7/c1-31(2)19-7-6-18(22(31)12-19)14-33(30(38)17-4-5-17)23-13-21(29(37)32-8-9-34)25-20-10-16(15-35)11-24(39-3)27(20)40-28(25)26(23)36/h10-11,13,17-19,22-23,25-26,28,34-36H,4-9,12,14-15H2,1-3H3,(H,32,37). The zero-order valence-corrected chi connectivity index (χ0v) is 23.6. The van der Waals surface area contributed by atoms with Crippen LogP contribution in [0.3, 0.4) is 0 Å². The Bertz CT molecular complexity index is 1210. The van der Waals surface area contributed by atoms with Crippen molar-refractivity contribution >= 4 is 11.8 Å². The second-order valence-electron chi connectivity index (χ2n) is 13.0. The number of benzene rings is 1. The van der Waals surface area contributed by atoms with Crippen LogP contribution in [0.15, 0.2) is 23.8 Å². The molecule has 7 unspecified atom stereocenters. The smallest absolute Gasteiger partial charge is 0.247 e. The maximum Gasteiger partial charge on any atom is 0.247 e. The monoisotopic (exact) mass is 554 g/mol. The molecule has 40 heavy (non-hydrogen) atoms.